The summed E-state index contributed by atoms with van der Waals surface area (Å²) >= 11 is 11.3. The molecule has 3 atom stereocenters. The monoisotopic (exact) mass is 361 g/mol. The Bertz CT molecular complexity index is 677. The van der Waals surface area contributed by atoms with Crippen molar-refractivity contribution in [1.29, 1.82) is 0 Å². The fourth-order valence-electron chi connectivity index (χ4n) is 3.09. The van der Waals surface area contributed by atoms with Gasteiger partial charge >= 0.3 is 0 Å². The fraction of sp³-hybridized carbons (Fsp3) is 0.533. The van der Waals surface area contributed by atoms with Crippen LogP contribution >= 0.6 is 23.8 Å². The van der Waals surface area contributed by atoms with Gasteiger partial charge in [0.15, 0.2) is 9.84 Å². The van der Waals surface area contributed by atoms with E-state index in [1.165, 1.54) is 0 Å². The highest BCUT2D eigenvalue weighted by atomic mass is 35.5. The van der Waals surface area contributed by atoms with Gasteiger partial charge in [-0.05, 0) is 24.6 Å². The summed E-state index contributed by atoms with van der Waals surface area (Å²) in [6, 6.07) is 7.19. The van der Waals surface area contributed by atoms with Crippen molar-refractivity contribution in [2.45, 2.75) is 25.0 Å². The van der Waals surface area contributed by atoms with E-state index in [1.54, 1.807) is 25.1 Å². The van der Waals surface area contributed by atoms with Gasteiger partial charge in [-0.25, -0.2) is 8.42 Å². The van der Waals surface area contributed by atoms with Crippen LogP contribution in [0.25, 0.3) is 0 Å². The molecule has 0 saturated heterocycles. The number of hydrogen-bond acceptors (Lipinski definition) is 4. The Morgan fingerprint density at radius 3 is 2.64 bits per heavy atom. The highest BCUT2D eigenvalue weighted by Crippen LogP contribution is 2.63. The van der Waals surface area contributed by atoms with Crippen LogP contribution in [0.15, 0.2) is 24.3 Å². The van der Waals surface area contributed by atoms with E-state index < -0.39 is 20.5 Å². The molecule has 0 bridgehead atoms. The molecule has 7 heteroatoms. The molecule has 1 aliphatic rings. The third kappa shape index (κ3) is 2.89. The van der Waals surface area contributed by atoms with Crippen LogP contribution < -0.4 is 5.73 Å². The molecule has 4 nitrogen and oxygen atoms in total. The lowest BCUT2D eigenvalue weighted by atomic mass is 10.00. The van der Waals surface area contributed by atoms with Gasteiger partial charge in [-0.1, -0.05) is 42.9 Å². The van der Waals surface area contributed by atoms with Crippen molar-refractivity contribution in [2.24, 2.45) is 11.1 Å². The quantitative estimate of drug-likeness (QED) is 0.756. The summed E-state index contributed by atoms with van der Waals surface area (Å²) in [5, 5.41) is -0.0854. The Balaban J connectivity index is 2.51. The van der Waals surface area contributed by atoms with Crippen LogP contribution in [0.2, 0.25) is 5.02 Å². The second kappa shape index (κ2) is 6.43. The highest BCUT2D eigenvalue weighted by Gasteiger charge is 2.72. The molecular weight excluding hydrogens is 342 g/mol. The minimum atomic E-state index is -3.31. The number of ether oxygens (including phenoxy) is 1. The lowest BCUT2D eigenvalue weighted by molar-refractivity contribution is 0.121. The summed E-state index contributed by atoms with van der Waals surface area (Å²) in [5.74, 6) is -0.259. The molecule has 0 radical (unpaired) electrons. The largest absolute Gasteiger partial charge is 0.393 e. The smallest absolute Gasteiger partial charge is 0.154 e. The molecule has 2 rings (SSSR count). The zero-order valence-electron chi connectivity index (χ0n) is 12.6. The zero-order chi connectivity index (χ0) is 16.5. The topological polar surface area (TPSA) is 69.4 Å². The van der Waals surface area contributed by atoms with Gasteiger partial charge < -0.3 is 10.5 Å². The molecule has 1 aromatic carbocycles. The van der Waals surface area contributed by atoms with Gasteiger partial charge in [0.05, 0.1) is 22.3 Å². The fourth-order valence-corrected chi connectivity index (χ4v) is 5.76. The van der Waals surface area contributed by atoms with E-state index in [2.05, 4.69) is 0 Å². The van der Waals surface area contributed by atoms with Gasteiger partial charge in [0.2, 0.25) is 0 Å². The molecule has 22 heavy (non-hydrogen) atoms. The molecule has 0 amide bonds. The van der Waals surface area contributed by atoms with Gasteiger partial charge in [0.25, 0.3) is 0 Å². The van der Waals surface area contributed by atoms with E-state index in [4.69, 9.17) is 34.3 Å². The molecule has 0 spiro atoms. The first-order valence-electron chi connectivity index (χ1n) is 7.16. The summed E-state index contributed by atoms with van der Waals surface area (Å²) < 4.78 is 30.5. The molecule has 1 saturated carbocycles. The minimum Gasteiger partial charge on any atom is -0.393 e. The van der Waals surface area contributed by atoms with Crippen molar-refractivity contribution in [3.05, 3.63) is 34.9 Å². The van der Waals surface area contributed by atoms with E-state index in [0.29, 0.717) is 11.6 Å². The Labute approximate surface area is 141 Å². The van der Waals surface area contributed by atoms with E-state index in [1.807, 2.05) is 13.0 Å². The van der Waals surface area contributed by atoms with E-state index in [-0.39, 0.29) is 23.3 Å². The van der Waals surface area contributed by atoms with Crippen molar-refractivity contribution in [3.8, 4) is 0 Å². The average Bonchev–Trinajstić information content (AvgIpc) is 3.16. The number of sulfone groups is 1. The maximum absolute atomic E-state index is 12.5. The first-order valence-corrected chi connectivity index (χ1v) is 9.66. The molecule has 0 aromatic heterocycles. The van der Waals surface area contributed by atoms with Crippen LogP contribution in [-0.2, 0) is 14.6 Å². The number of nitrogens with two attached hydrogens (primary N) is 1. The number of halogens is 1. The molecule has 0 heterocycles. The Kier molecular flexibility index (Phi) is 5.16. The summed E-state index contributed by atoms with van der Waals surface area (Å²) in [5.41, 5.74) is 5.93. The summed E-state index contributed by atoms with van der Waals surface area (Å²) in [4.78, 5) is 0.188. The first kappa shape index (κ1) is 17.7. The summed E-state index contributed by atoms with van der Waals surface area (Å²) in [7, 11) is -3.31. The van der Waals surface area contributed by atoms with Crippen LogP contribution in [0.4, 0.5) is 0 Å². The van der Waals surface area contributed by atoms with Gasteiger partial charge in [0, 0.05) is 23.3 Å². The lowest BCUT2D eigenvalue weighted by Gasteiger charge is -2.16. The second-order valence-electron chi connectivity index (χ2n) is 5.45. The first-order chi connectivity index (χ1) is 10.3. The highest BCUT2D eigenvalue weighted by molar-refractivity contribution is 7.92. The predicted octanol–water partition coefficient (Wildman–Crippen LogP) is 2.55. The standard InChI is InChI=1S/C15H20ClNO3S2/c1-3-20-9-15(14(17)21)12(13(15)22(18,19)4-2)10-6-5-7-11(16)8-10/h5-8,12-13H,3-4,9H2,1-2H3,(H2,17,21)/t12-,13+,15+/m1/s1. The number of hydrogen-bond donors (Lipinski definition) is 1. The molecule has 2 N–H and O–H groups in total. The number of rotatable bonds is 7. The average molecular weight is 362 g/mol. The van der Waals surface area contributed by atoms with Gasteiger partial charge in [-0.2, -0.15) is 0 Å². The molecule has 1 aliphatic carbocycles. The van der Waals surface area contributed by atoms with E-state index >= 15 is 0 Å². The molecule has 1 aromatic rings. The van der Waals surface area contributed by atoms with Crippen LogP contribution in [0.5, 0.6) is 0 Å². The van der Waals surface area contributed by atoms with Crippen LogP contribution in [-0.4, -0.2) is 37.6 Å². The Hall–Kier alpha value is -0.690. The Morgan fingerprint density at radius 1 is 1.45 bits per heavy atom. The summed E-state index contributed by atoms with van der Waals surface area (Å²) in [6.07, 6.45) is 0. The van der Waals surface area contributed by atoms with Gasteiger partial charge in [-0.15, -0.1) is 0 Å². The van der Waals surface area contributed by atoms with E-state index in [9.17, 15) is 8.42 Å². The Morgan fingerprint density at radius 2 is 2.14 bits per heavy atom. The SMILES string of the molecule is CCOC[C@]1(C(N)=S)[C@H](c2cccc(Cl)c2)[C@@H]1S(=O)(=O)CC. The zero-order valence-corrected chi connectivity index (χ0v) is 15.0. The van der Waals surface area contributed by atoms with Crippen LogP contribution in [0.3, 0.4) is 0 Å². The molecular formula is C15H20ClNO3S2. The van der Waals surface area contributed by atoms with Crippen molar-refractivity contribution in [3.63, 3.8) is 0 Å². The number of benzene rings is 1. The lowest BCUT2D eigenvalue weighted by Crippen LogP contribution is -2.34. The van der Waals surface area contributed by atoms with Crippen molar-refractivity contribution in [1.82, 2.24) is 0 Å². The van der Waals surface area contributed by atoms with Crippen molar-refractivity contribution >= 4 is 38.6 Å². The molecule has 1 fully saturated rings. The van der Waals surface area contributed by atoms with Gasteiger partial charge in [-0.3, -0.25) is 0 Å². The van der Waals surface area contributed by atoms with Crippen LogP contribution in [0.1, 0.15) is 25.3 Å². The minimum absolute atomic E-state index is 0.0468. The van der Waals surface area contributed by atoms with Crippen molar-refractivity contribution < 1.29 is 13.2 Å². The predicted molar refractivity (Wildman–Crippen MR) is 93.2 cm³/mol. The molecule has 0 aliphatic heterocycles. The maximum atomic E-state index is 12.5. The molecule has 122 valence electrons. The second-order valence-corrected chi connectivity index (χ2v) is 8.73. The van der Waals surface area contributed by atoms with Gasteiger partial charge in [0.1, 0.15) is 0 Å². The third-order valence-corrected chi connectivity index (χ3v) is 7.14. The van der Waals surface area contributed by atoms with Crippen molar-refractivity contribution in [2.75, 3.05) is 19.0 Å². The molecule has 0 unspecified atom stereocenters. The normalized spacial score (nSPS) is 27.6. The maximum Gasteiger partial charge on any atom is 0.154 e. The van der Waals surface area contributed by atoms with Crippen LogP contribution in [0, 0.1) is 5.41 Å². The third-order valence-electron chi connectivity index (χ3n) is 4.26. The summed E-state index contributed by atoms with van der Waals surface area (Å²) in [6.45, 7) is 4.17. The number of thiocarbonyl (C=S) groups is 1. The van der Waals surface area contributed by atoms with E-state index in [0.717, 1.165) is 5.56 Å².